The van der Waals surface area contributed by atoms with Crippen molar-refractivity contribution >= 4 is 11.9 Å². The third-order valence-electron chi connectivity index (χ3n) is 3.31. The highest BCUT2D eigenvalue weighted by atomic mass is 16.4. The zero-order valence-corrected chi connectivity index (χ0v) is 10.8. The molecule has 0 radical (unpaired) electrons. The van der Waals surface area contributed by atoms with Crippen molar-refractivity contribution < 1.29 is 19.8 Å². The fraction of sp³-hybridized carbons (Fsp3) is 0.571. The summed E-state index contributed by atoms with van der Waals surface area (Å²) in [7, 11) is 0. The number of allylic oxidation sites excluding steroid dienone is 4. The highest BCUT2D eigenvalue weighted by molar-refractivity contribution is 5.80. The maximum atomic E-state index is 11.1. The highest BCUT2D eigenvalue weighted by Gasteiger charge is 2.37. The molecular weight excluding hydrogens is 232 g/mol. The first-order valence-corrected chi connectivity index (χ1v) is 6.18. The average molecular weight is 252 g/mol. The van der Waals surface area contributed by atoms with Crippen LogP contribution in [0.5, 0.6) is 0 Å². The fourth-order valence-corrected chi connectivity index (χ4v) is 2.27. The minimum Gasteiger partial charge on any atom is -0.481 e. The van der Waals surface area contributed by atoms with Gasteiger partial charge in [-0.15, -0.1) is 0 Å². The van der Waals surface area contributed by atoms with Gasteiger partial charge in [0.25, 0.3) is 0 Å². The summed E-state index contributed by atoms with van der Waals surface area (Å²) in [5.41, 5.74) is 2.29. The Hall–Kier alpha value is -1.58. The van der Waals surface area contributed by atoms with E-state index in [1.54, 1.807) is 0 Å². The van der Waals surface area contributed by atoms with E-state index in [-0.39, 0.29) is 0 Å². The molecule has 1 aliphatic rings. The van der Waals surface area contributed by atoms with E-state index in [1.807, 2.05) is 19.9 Å². The Morgan fingerprint density at radius 2 is 1.83 bits per heavy atom. The van der Waals surface area contributed by atoms with E-state index in [4.69, 9.17) is 10.2 Å². The molecule has 1 rings (SSSR count). The van der Waals surface area contributed by atoms with Crippen molar-refractivity contribution in [1.82, 2.24) is 0 Å². The van der Waals surface area contributed by atoms with Crippen LogP contribution in [0, 0.1) is 11.8 Å². The lowest BCUT2D eigenvalue weighted by molar-refractivity contribution is -0.154. The summed E-state index contributed by atoms with van der Waals surface area (Å²) in [4.78, 5) is 22.1. The zero-order chi connectivity index (χ0) is 13.7. The van der Waals surface area contributed by atoms with E-state index in [2.05, 4.69) is 6.08 Å². The average Bonchev–Trinajstić information content (AvgIpc) is 2.28. The normalized spacial score (nSPS) is 25.8. The predicted molar refractivity (Wildman–Crippen MR) is 68.2 cm³/mol. The van der Waals surface area contributed by atoms with Gasteiger partial charge in [-0.1, -0.05) is 23.3 Å². The molecule has 1 saturated carbocycles. The molecule has 4 heteroatoms. The van der Waals surface area contributed by atoms with Crippen LogP contribution in [0.1, 0.15) is 39.5 Å². The molecule has 2 N–H and O–H groups in total. The number of rotatable bonds is 4. The van der Waals surface area contributed by atoms with Gasteiger partial charge < -0.3 is 10.2 Å². The molecule has 0 heterocycles. The SMILES string of the molecule is CC(C)=CC/C=C1/CC[C@H](C(=O)O)[C@H](C(=O)O)C1. The van der Waals surface area contributed by atoms with Crippen molar-refractivity contribution in [3.63, 3.8) is 0 Å². The fourth-order valence-electron chi connectivity index (χ4n) is 2.27. The second-order valence-electron chi connectivity index (χ2n) is 5.01. The van der Waals surface area contributed by atoms with E-state index in [0.29, 0.717) is 19.3 Å². The summed E-state index contributed by atoms with van der Waals surface area (Å²) < 4.78 is 0. The van der Waals surface area contributed by atoms with Crippen molar-refractivity contribution in [2.24, 2.45) is 11.8 Å². The molecular formula is C14H20O4. The van der Waals surface area contributed by atoms with Crippen LogP contribution in [0.25, 0.3) is 0 Å². The van der Waals surface area contributed by atoms with Gasteiger partial charge >= 0.3 is 11.9 Å². The molecule has 0 aromatic rings. The van der Waals surface area contributed by atoms with Gasteiger partial charge in [-0.3, -0.25) is 9.59 Å². The van der Waals surface area contributed by atoms with Gasteiger partial charge in [0.15, 0.2) is 0 Å². The Morgan fingerprint density at radius 1 is 1.22 bits per heavy atom. The van der Waals surface area contributed by atoms with Crippen molar-refractivity contribution in [3.05, 3.63) is 23.3 Å². The van der Waals surface area contributed by atoms with Gasteiger partial charge in [0, 0.05) is 0 Å². The van der Waals surface area contributed by atoms with E-state index >= 15 is 0 Å². The van der Waals surface area contributed by atoms with Crippen molar-refractivity contribution in [3.8, 4) is 0 Å². The zero-order valence-electron chi connectivity index (χ0n) is 10.8. The molecule has 0 aromatic carbocycles. The second-order valence-corrected chi connectivity index (χ2v) is 5.01. The second kappa shape index (κ2) is 6.38. The van der Waals surface area contributed by atoms with Gasteiger partial charge in [0.2, 0.25) is 0 Å². The Labute approximate surface area is 107 Å². The summed E-state index contributed by atoms with van der Waals surface area (Å²) in [5, 5.41) is 18.1. The third-order valence-corrected chi connectivity index (χ3v) is 3.31. The van der Waals surface area contributed by atoms with Crippen LogP contribution >= 0.6 is 0 Å². The van der Waals surface area contributed by atoms with Gasteiger partial charge in [0.1, 0.15) is 0 Å². The van der Waals surface area contributed by atoms with Gasteiger partial charge in [-0.25, -0.2) is 0 Å². The molecule has 0 amide bonds. The molecule has 18 heavy (non-hydrogen) atoms. The molecule has 0 aliphatic heterocycles. The summed E-state index contributed by atoms with van der Waals surface area (Å²) in [6.45, 7) is 4.03. The lowest BCUT2D eigenvalue weighted by atomic mass is 9.76. The number of aliphatic carboxylic acids is 2. The van der Waals surface area contributed by atoms with Gasteiger partial charge in [0.05, 0.1) is 11.8 Å². The van der Waals surface area contributed by atoms with Gasteiger partial charge in [-0.2, -0.15) is 0 Å². The minimum absolute atomic E-state index is 0.364. The molecule has 1 aliphatic carbocycles. The van der Waals surface area contributed by atoms with Crippen molar-refractivity contribution in [2.45, 2.75) is 39.5 Å². The minimum atomic E-state index is -1.00. The number of hydrogen-bond acceptors (Lipinski definition) is 2. The smallest absolute Gasteiger partial charge is 0.307 e. The molecule has 2 atom stereocenters. The maximum absolute atomic E-state index is 11.1. The van der Waals surface area contributed by atoms with Gasteiger partial charge in [-0.05, 0) is 39.5 Å². The summed E-state index contributed by atoms with van der Waals surface area (Å²) >= 11 is 0. The van der Waals surface area contributed by atoms with Crippen LogP contribution in [-0.4, -0.2) is 22.2 Å². The van der Waals surface area contributed by atoms with E-state index < -0.39 is 23.8 Å². The first kappa shape index (κ1) is 14.5. The van der Waals surface area contributed by atoms with Crippen molar-refractivity contribution in [1.29, 1.82) is 0 Å². The van der Waals surface area contributed by atoms with Crippen LogP contribution in [-0.2, 0) is 9.59 Å². The third kappa shape index (κ3) is 4.02. The summed E-state index contributed by atoms with van der Waals surface area (Å²) in [5.74, 6) is -3.53. The molecule has 0 saturated heterocycles. The van der Waals surface area contributed by atoms with E-state index in [1.165, 1.54) is 5.57 Å². The topological polar surface area (TPSA) is 74.6 Å². The van der Waals surface area contributed by atoms with E-state index in [0.717, 1.165) is 12.0 Å². The number of carbonyl (C=O) groups is 2. The van der Waals surface area contributed by atoms with Crippen molar-refractivity contribution in [2.75, 3.05) is 0 Å². The molecule has 4 nitrogen and oxygen atoms in total. The van der Waals surface area contributed by atoms with Crippen LogP contribution in [0.2, 0.25) is 0 Å². The monoisotopic (exact) mass is 252 g/mol. The molecule has 0 spiro atoms. The summed E-state index contributed by atoms with van der Waals surface area (Å²) in [6, 6.07) is 0. The largest absolute Gasteiger partial charge is 0.481 e. The lowest BCUT2D eigenvalue weighted by Gasteiger charge is -2.27. The molecule has 0 unspecified atom stereocenters. The Kier molecular flexibility index (Phi) is 5.13. The first-order chi connectivity index (χ1) is 8.41. The van der Waals surface area contributed by atoms with Crippen LogP contribution < -0.4 is 0 Å². The quantitative estimate of drug-likeness (QED) is 0.754. The van der Waals surface area contributed by atoms with Crippen LogP contribution in [0.15, 0.2) is 23.3 Å². The first-order valence-electron chi connectivity index (χ1n) is 6.18. The Balaban J connectivity index is 2.71. The van der Waals surface area contributed by atoms with E-state index in [9.17, 15) is 9.59 Å². The molecule has 0 aromatic heterocycles. The molecule has 100 valence electrons. The van der Waals surface area contributed by atoms with Crippen LogP contribution in [0.4, 0.5) is 0 Å². The van der Waals surface area contributed by atoms with Crippen LogP contribution in [0.3, 0.4) is 0 Å². The number of hydrogen-bond donors (Lipinski definition) is 2. The predicted octanol–water partition coefficient (Wildman–Crippen LogP) is 2.85. The highest BCUT2D eigenvalue weighted by Crippen LogP contribution is 2.34. The molecule has 0 bridgehead atoms. The number of carboxylic acid groups (broad SMARTS) is 2. The standard InChI is InChI=1S/C14H20O4/c1-9(2)4-3-5-10-6-7-11(13(15)16)12(8-10)14(17)18/h4-5,11-12H,3,6-8H2,1-2H3,(H,15,16)(H,17,18)/b10-5-/t11-,12+/m0/s1. The molecule has 1 fully saturated rings. The lowest BCUT2D eigenvalue weighted by Crippen LogP contribution is -2.33. The maximum Gasteiger partial charge on any atom is 0.307 e. The Morgan fingerprint density at radius 3 is 2.33 bits per heavy atom. The Bertz CT molecular complexity index is 389. The number of carboxylic acids is 2. The summed E-state index contributed by atoms with van der Waals surface area (Å²) in [6.07, 6.45) is 6.38.